The summed E-state index contributed by atoms with van der Waals surface area (Å²) in [7, 11) is -4.03. The zero-order valence-electron chi connectivity index (χ0n) is 13.5. The third kappa shape index (κ3) is 2.46. The molecule has 1 aliphatic heterocycles. The van der Waals surface area contributed by atoms with Gasteiger partial charge in [-0.1, -0.05) is 48.5 Å². The fraction of sp³-hybridized carbons (Fsp3) is 0.0500. The zero-order valence-corrected chi connectivity index (χ0v) is 14.3. The molecule has 0 atom stereocenters. The third-order valence-corrected chi connectivity index (χ3v) is 6.45. The first kappa shape index (κ1) is 16.4. The molecule has 4 rings (SSSR count). The van der Waals surface area contributed by atoms with Crippen molar-refractivity contribution in [2.24, 2.45) is 0 Å². The van der Waals surface area contributed by atoms with Crippen LogP contribution in [-0.4, -0.2) is 19.5 Å². The van der Waals surface area contributed by atoms with E-state index in [0.29, 0.717) is 22.6 Å². The van der Waals surface area contributed by atoms with Crippen LogP contribution < -0.4 is 4.74 Å². The van der Waals surface area contributed by atoms with Crippen molar-refractivity contribution in [1.82, 2.24) is 0 Å². The minimum atomic E-state index is -4.03. The van der Waals surface area contributed by atoms with Crippen LogP contribution in [0.5, 0.6) is 11.5 Å². The van der Waals surface area contributed by atoms with Gasteiger partial charge >= 0.3 is 5.97 Å². The highest BCUT2D eigenvalue weighted by Gasteiger charge is 2.39. The molecule has 0 spiro atoms. The van der Waals surface area contributed by atoms with Crippen LogP contribution in [0.15, 0.2) is 77.7 Å². The number of para-hydroxylation sites is 2. The van der Waals surface area contributed by atoms with Gasteiger partial charge in [0.25, 0.3) is 0 Å². The van der Waals surface area contributed by atoms with Crippen molar-refractivity contribution in [1.29, 1.82) is 0 Å². The van der Waals surface area contributed by atoms with Crippen molar-refractivity contribution < 1.29 is 23.1 Å². The van der Waals surface area contributed by atoms with Gasteiger partial charge in [0, 0.05) is 11.1 Å². The van der Waals surface area contributed by atoms with Crippen LogP contribution in [0, 0.1) is 0 Å². The summed E-state index contributed by atoms with van der Waals surface area (Å²) in [4.78, 5) is 11.3. The SMILES string of the molecule is O=C(O)c1ccccc1S(=O)(=O)C1c2ccccc2Oc2ccccc21. The highest BCUT2D eigenvalue weighted by atomic mass is 32.2. The average molecular weight is 366 g/mol. The Morgan fingerprint density at radius 1 is 0.808 bits per heavy atom. The molecule has 0 radical (unpaired) electrons. The molecule has 3 aromatic carbocycles. The normalized spacial score (nSPS) is 13.4. The van der Waals surface area contributed by atoms with Gasteiger partial charge in [-0.3, -0.25) is 0 Å². The van der Waals surface area contributed by atoms with Gasteiger partial charge in [0.1, 0.15) is 16.7 Å². The molecule has 0 fully saturated rings. The topological polar surface area (TPSA) is 80.7 Å². The maximum Gasteiger partial charge on any atom is 0.337 e. The summed E-state index contributed by atoms with van der Waals surface area (Å²) < 4.78 is 32.9. The fourth-order valence-corrected chi connectivity index (χ4v) is 5.26. The molecule has 6 heteroatoms. The van der Waals surface area contributed by atoms with Gasteiger partial charge in [0.15, 0.2) is 9.84 Å². The quantitative estimate of drug-likeness (QED) is 0.756. The smallest absolute Gasteiger partial charge is 0.337 e. The van der Waals surface area contributed by atoms with Crippen molar-refractivity contribution in [2.75, 3.05) is 0 Å². The van der Waals surface area contributed by atoms with Crippen LogP contribution in [0.1, 0.15) is 26.7 Å². The molecule has 26 heavy (non-hydrogen) atoms. The van der Waals surface area contributed by atoms with Crippen LogP contribution in [0.4, 0.5) is 0 Å². The Morgan fingerprint density at radius 2 is 1.31 bits per heavy atom. The first-order valence-corrected chi connectivity index (χ1v) is 9.46. The van der Waals surface area contributed by atoms with Gasteiger partial charge in [0.05, 0.1) is 10.5 Å². The van der Waals surface area contributed by atoms with Crippen LogP contribution in [-0.2, 0) is 9.84 Å². The Morgan fingerprint density at radius 3 is 1.88 bits per heavy atom. The van der Waals surface area contributed by atoms with Gasteiger partial charge in [-0.05, 0) is 24.3 Å². The molecule has 5 nitrogen and oxygen atoms in total. The van der Waals surface area contributed by atoms with E-state index in [0.717, 1.165) is 0 Å². The molecule has 0 aliphatic carbocycles. The molecule has 0 saturated heterocycles. The van der Waals surface area contributed by atoms with Crippen molar-refractivity contribution in [3.63, 3.8) is 0 Å². The fourth-order valence-electron chi connectivity index (χ4n) is 3.22. The number of carboxylic acids is 1. The Balaban J connectivity index is 2.00. The van der Waals surface area contributed by atoms with E-state index in [4.69, 9.17) is 4.74 Å². The maximum absolute atomic E-state index is 13.5. The second kappa shape index (κ2) is 6.00. The molecule has 3 aromatic rings. The molecule has 0 saturated carbocycles. The molecule has 1 aliphatic rings. The number of fused-ring (bicyclic) bond motifs is 2. The van der Waals surface area contributed by atoms with Crippen LogP contribution >= 0.6 is 0 Å². The molecule has 1 N–H and O–H groups in total. The van der Waals surface area contributed by atoms with Gasteiger partial charge in [-0.25, -0.2) is 13.2 Å². The third-order valence-electron chi connectivity index (χ3n) is 4.36. The molecule has 0 amide bonds. The second-order valence-corrected chi connectivity index (χ2v) is 7.91. The van der Waals surface area contributed by atoms with E-state index in [1.165, 1.54) is 24.3 Å². The van der Waals surface area contributed by atoms with E-state index in [-0.39, 0.29) is 10.5 Å². The summed E-state index contributed by atoms with van der Waals surface area (Å²) in [5, 5.41) is 8.39. The molecule has 130 valence electrons. The Hall–Kier alpha value is -3.12. The largest absolute Gasteiger partial charge is 0.478 e. The lowest BCUT2D eigenvalue weighted by Gasteiger charge is -2.28. The monoisotopic (exact) mass is 366 g/mol. The summed E-state index contributed by atoms with van der Waals surface area (Å²) in [5.74, 6) is -0.377. The van der Waals surface area contributed by atoms with Gasteiger partial charge in [-0.2, -0.15) is 0 Å². The standard InChI is InChI=1S/C20H14O5S/c21-20(22)15-9-3-6-12-18(15)26(23,24)19-13-7-1-4-10-16(13)25-17-11-5-2-8-14(17)19/h1-12,19H,(H,21,22). The molecule has 1 heterocycles. The summed E-state index contributed by atoms with van der Waals surface area (Å²) in [5.41, 5.74) is 0.742. The number of aromatic carboxylic acids is 1. The number of benzene rings is 3. The van der Waals surface area contributed by atoms with Gasteiger partial charge in [-0.15, -0.1) is 0 Å². The lowest BCUT2D eigenvalue weighted by Crippen LogP contribution is -2.21. The van der Waals surface area contributed by atoms with Crippen LogP contribution in [0.3, 0.4) is 0 Å². The molecular weight excluding hydrogens is 352 g/mol. The first-order chi connectivity index (χ1) is 12.5. The van der Waals surface area contributed by atoms with E-state index in [9.17, 15) is 18.3 Å². The molecule has 0 bridgehead atoms. The predicted octanol–water partition coefficient (Wildman–Crippen LogP) is 4.05. The van der Waals surface area contributed by atoms with E-state index < -0.39 is 21.1 Å². The van der Waals surface area contributed by atoms with Crippen molar-refractivity contribution in [3.05, 3.63) is 89.5 Å². The number of hydrogen-bond acceptors (Lipinski definition) is 4. The zero-order chi connectivity index (χ0) is 18.3. The maximum atomic E-state index is 13.5. The first-order valence-electron chi connectivity index (χ1n) is 7.92. The average Bonchev–Trinajstić information content (AvgIpc) is 2.65. The number of rotatable bonds is 3. The highest BCUT2D eigenvalue weighted by molar-refractivity contribution is 7.92. The highest BCUT2D eigenvalue weighted by Crippen LogP contribution is 2.48. The van der Waals surface area contributed by atoms with E-state index >= 15 is 0 Å². The minimum absolute atomic E-state index is 0.205. The van der Waals surface area contributed by atoms with E-state index in [2.05, 4.69) is 0 Å². The lowest BCUT2D eigenvalue weighted by atomic mass is 10.00. The molecule has 0 unspecified atom stereocenters. The number of sulfone groups is 1. The summed E-state index contributed by atoms with van der Waals surface area (Å²) >= 11 is 0. The van der Waals surface area contributed by atoms with Crippen molar-refractivity contribution >= 4 is 15.8 Å². The summed E-state index contributed by atoms with van der Waals surface area (Å²) in [6.07, 6.45) is 0. The Kier molecular flexibility index (Phi) is 3.77. The number of carboxylic acid groups (broad SMARTS) is 1. The van der Waals surface area contributed by atoms with Crippen LogP contribution in [0.25, 0.3) is 0 Å². The summed E-state index contributed by atoms with van der Waals surface area (Å²) in [6.45, 7) is 0. The Labute approximate surface area is 150 Å². The number of carbonyl (C=O) groups is 1. The van der Waals surface area contributed by atoms with Crippen molar-refractivity contribution in [2.45, 2.75) is 10.1 Å². The molecule has 0 aromatic heterocycles. The van der Waals surface area contributed by atoms with Crippen LogP contribution in [0.2, 0.25) is 0 Å². The predicted molar refractivity (Wildman–Crippen MR) is 95.4 cm³/mol. The summed E-state index contributed by atoms with van der Waals surface area (Å²) in [6, 6.07) is 19.5. The van der Waals surface area contributed by atoms with Crippen molar-refractivity contribution in [3.8, 4) is 11.5 Å². The second-order valence-electron chi connectivity index (χ2n) is 5.90. The van der Waals surface area contributed by atoms with E-state index in [1.807, 2.05) is 0 Å². The minimum Gasteiger partial charge on any atom is -0.478 e. The van der Waals surface area contributed by atoms with E-state index in [1.54, 1.807) is 48.5 Å². The number of hydrogen-bond donors (Lipinski definition) is 1. The van der Waals surface area contributed by atoms with Gasteiger partial charge in [0.2, 0.25) is 0 Å². The van der Waals surface area contributed by atoms with Gasteiger partial charge < -0.3 is 9.84 Å². The Bertz CT molecular complexity index is 1070. The molecular formula is C20H14O5S. The number of ether oxygens (including phenoxy) is 1. The lowest BCUT2D eigenvalue weighted by molar-refractivity contribution is 0.0692.